The van der Waals surface area contributed by atoms with Crippen LogP contribution in [0.1, 0.15) is 22.8 Å². The minimum atomic E-state index is 0.177. The molecule has 2 aromatic rings. The summed E-state index contributed by atoms with van der Waals surface area (Å²) >= 11 is 1.66. The van der Waals surface area contributed by atoms with Crippen molar-refractivity contribution in [2.45, 2.75) is 33.0 Å². The lowest BCUT2D eigenvalue weighted by Crippen LogP contribution is -2.12. The second-order valence-corrected chi connectivity index (χ2v) is 4.98. The maximum Gasteiger partial charge on any atom is 0.107 e. The molecule has 0 atom stereocenters. The molecule has 98 valence electrons. The van der Waals surface area contributed by atoms with Gasteiger partial charge in [-0.3, -0.25) is 4.68 Å². The third kappa shape index (κ3) is 3.86. The van der Waals surface area contributed by atoms with Crippen LogP contribution in [0.25, 0.3) is 0 Å². The molecule has 2 rings (SSSR count). The predicted molar refractivity (Wildman–Crippen MR) is 69.1 cm³/mol. The molecule has 2 aromatic heterocycles. The van der Waals surface area contributed by atoms with Crippen LogP contribution < -0.4 is 5.32 Å². The summed E-state index contributed by atoms with van der Waals surface area (Å²) in [5.74, 6) is 0. The fraction of sp³-hybridized carbons (Fsp3) is 0.545. The molecule has 18 heavy (non-hydrogen) atoms. The van der Waals surface area contributed by atoms with E-state index in [0.29, 0.717) is 19.5 Å². The molecule has 0 aliphatic rings. The smallest absolute Gasteiger partial charge is 0.107 e. The third-order valence-corrected chi connectivity index (χ3v) is 3.35. The second-order valence-electron chi connectivity index (χ2n) is 4.04. The molecule has 2 N–H and O–H groups in total. The van der Waals surface area contributed by atoms with Gasteiger partial charge in [0, 0.05) is 43.5 Å². The third-order valence-electron chi connectivity index (χ3n) is 2.38. The highest BCUT2D eigenvalue weighted by Crippen LogP contribution is 2.08. The van der Waals surface area contributed by atoms with Crippen molar-refractivity contribution in [3.63, 3.8) is 0 Å². The molecule has 0 radical (unpaired) electrons. The summed E-state index contributed by atoms with van der Waals surface area (Å²) in [7, 11) is 0. The van der Waals surface area contributed by atoms with Gasteiger partial charge in [-0.1, -0.05) is 5.21 Å². The van der Waals surface area contributed by atoms with E-state index in [9.17, 15) is 0 Å². The molecule has 2 heterocycles. The maximum absolute atomic E-state index is 8.72. The molecule has 0 aromatic carbocycles. The van der Waals surface area contributed by atoms with E-state index in [1.54, 1.807) is 16.0 Å². The number of rotatable bonds is 7. The lowest BCUT2D eigenvalue weighted by atomic mass is 10.4. The number of aromatic nitrogens is 4. The Hall–Kier alpha value is -1.31. The van der Waals surface area contributed by atoms with Crippen molar-refractivity contribution < 1.29 is 5.11 Å². The molecule has 0 amide bonds. The number of aliphatic hydroxyl groups is 1. The van der Waals surface area contributed by atoms with Gasteiger partial charge in [-0.15, -0.1) is 16.4 Å². The van der Waals surface area contributed by atoms with Gasteiger partial charge in [0.2, 0.25) is 0 Å². The van der Waals surface area contributed by atoms with Gasteiger partial charge in [0.15, 0.2) is 0 Å². The Balaban J connectivity index is 1.74. The Morgan fingerprint density at radius 3 is 3.06 bits per heavy atom. The predicted octanol–water partition coefficient (Wildman–Crippen LogP) is 0.715. The van der Waals surface area contributed by atoms with Gasteiger partial charge in [0.05, 0.1) is 5.69 Å². The minimum absolute atomic E-state index is 0.177. The van der Waals surface area contributed by atoms with Crippen molar-refractivity contribution in [3.05, 3.63) is 28.0 Å². The molecular weight excluding hydrogens is 250 g/mol. The fourth-order valence-electron chi connectivity index (χ4n) is 1.54. The zero-order valence-electron chi connectivity index (χ0n) is 10.3. The van der Waals surface area contributed by atoms with E-state index in [2.05, 4.69) is 20.6 Å². The summed E-state index contributed by atoms with van der Waals surface area (Å²) in [6.45, 7) is 4.30. The quantitative estimate of drug-likeness (QED) is 0.773. The van der Waals surface area contributed by atoms with Crippen molar-refractivity contribution in [3.8, 4) is 0 Å². The summed E-state index contributed by atoms with van der Waals surface area (Å²) in [6, 6.07) is 0. The summed E-state index contributed by atoms with van der Waals surface area (Å²) in [5, 5.41) is 23.2. The number of nitrogens with zero attached hydrogens (tertiary/aromatic N) is 4. The van der Waals surface area contributed by atoms with Crippen LogP contribution in [-0.4, -0.2) is 31.7 Å². The lowest BCUT2D eigenvalue weighted by Gasteiger charge is -1.98. The summed E-state index contributed by atoms with van der Waals surface area (Å²) < 4.78 is 1.75. The van der Waals surface area contributed by atoms with Gasteiger partial charge in [-0.05, 0) is 13.3 Å². The van der Waals surface area contributed by atoms with Crippen molar-refractivity contribution in [2.24, 2.45) is 0 Å². The van der Waals surface area contributed by atoms with Crippen LogP contribution in [0, 0.1) is 6.92 Å². The molecule has 0 spiro atoms. The monoisotopic (exact) mass is 267 g/mol. The SMILES string of the molecule is Cc1csc(CNCc2cn(CCCO)nn2)n1. The Kier molecular flexibility index (Phi) is 4.80. The van der Waals surface area contributed by atoms with Crippen LogP contribution in [0.15, 0.2) is 11.6 Å². The summed E-state index contributed by atoms with van der Waals surface area (Å²) in [5.41, 5.74) is 1.97. The van der Waals surface area contributed by atoms with E-state index in [-0.39, 0.29) is 6.61 Å². The van der Waals surface area contributed by atoms with Crippen molar-refractivity contribution in [2.75, 3.05) is 6.61 Å². The highest BCUT2D eigenvalue weighted by molar-refractivity contribution is 7.09. The standard InChI is InChI=1S/C11H17N5OS/c1-9-8-18-11(13-9)6-12-5-10-7-16(15-14-10)3-2-4-17/h7-8,12,17H,2-6H2,1H3. The van der Waals surface area contributed by atoms with Gasteiger partial charge in [0.1, 0.15) is 5.01 Å². The molecule has 0 saturated carbocycles. The van der Waals surface area contributed by atoms with E-state index in [1.807, 2.05) is 18.5 Å². The van der Waals surface area contributed by atoms with Crippen molar-refractivity contribution >= 4 is 11.3 Å². The van der Waals surface area contributed by atoms with E-state index in [4.69, 9.17) is 5.11 Å². The van der Waals surface area contributed by atoms with E-state index in [1.165, 1.54) is 0 Å². The largest absolute Gasteiger partial charge is 0.396 e. The van der Waals surface area contributed by atoms with Crippen LogP contribution in [0.2, 0.25) is 0 Å². The molecule has 0 bridgehead atoms. The molecule has 7 heteroatoms. The lowest BCUT2D eigenvalue weighted by molar-refractivity contribution is 0.276. The molecule has 6 nitrogen and oxygen atoms in total. The van der Waals surface area contributed by atoms with Crippen LogP contribution in [0.3, 0.4) is 0 Å². The average molecular weight is 267 g/mol. The molecular formula is C11H17N5OS. The first kappa shape index (κ1) is 13.1. The Labute approximate surface area is 110 Å². The normalized spacial score (nSPS) is 11.0. The zero-order valence-corrected chi connectivity index (χ0v) is 11.2. The van der Waals surface area contributed by atoms with Crippen LogP contribution in [0.5, 0.6) is 0 Å². The maximum atomic E-state index is 8.72. The van der Waals surface area contributed by atoms with E-state index < -0.39 is 0 Å². The highest BCUT2D eigenvalue weighted by atomic mass is 32.1. The van der Waals surface area contributed by atoms with Gasteiger partial charge in [-0.2, -0.15) is 0 Å². The van der Waals surface area contributed by atoms with Crippen molar-refractivity contribution in [1.29, 1.82) is 0 Å². The summed E-state index contributed by atoms with van der Waals surface area (Å²) in [4.78, 5) is 4.37. The fourth-order valence-corrected chi connectivity index (χ4v) is 2.28. The Morgan fingerprint density at radius 1 is 1.44 bits per heavy atom. The Bertz CT molecular complexity index is 481. The van der Waals surface area contributed by atoms with Gasteiger partial charge < -0.3 is 10.4 Å². The molecule has 0 fully saturated rings. The first-order valence-electron chi connectivity index (χ1n) is 5.89. The Morgan fingerprint density at radius 2 is 2.33 bits per heavy atom. The number of thiazole rings is 1. The first-order valence-corrected chi connectivity index (χ1v) is 6.77. The molecule has 0 unspecified atom stereocenters. The number of nitrogens with one attached hydrogen (secondary N) is 1. The van der Waals surface area contributed by atoms with E-state index >= 15 is 0 Å². The average Bonchev–Trinajstić information content (AvgIpc) is 2.96. The van der Waals surface area contributed by atoms with Crippen LogP contribution in [0.4, 0.5) is 0 Å². The summed E-state index contributed by atoms with van der Waals surface area (Å²) in [6.07, 6.45) is 2.60. The second kappa shape index (κ2) is 6.58. The highest BCUT2D eigenvalue weighted by Gasteiger charge is 2.02. The number of aryl methyl sites for hydroxylation is 2. The van der Waals surface area contributed by atoms with Gasteiger partial charge in [0.25, 0.3) is 0 Å². The number of hydrogen-bond donors (Lipinski definition) is 2. The van der Waals surface area contributed by atoms with E-state index in [0.717, 1.165) is 22.9 Å². The minimum Gasteiger partial charge on any atom is -0.396 e. The van der Waals surface area contributed by atoms with Crippen LogP contribution >= 0.6 is 11.3 Å². The van der Waals surface area contributed by atoms with Gasteiger partial charge in [-0.25, -0.2) is 4.98 Å². The molecule has 0 aliphatic heterocycles. The van der Waals surface area contributed by atoms with Crippen molar-refractivity contribution in [1.82, 2.24) is 25.3 Å². The number of hydrogen-bond acceptors (Lipinski definition) is 6. The first-order chi connectivity index (χ1) is 8.78. The molecule has 0 aliphatic carbocycles. The zero-order chi connectivity index (χ0) is 12.8. The van der Waals surface area contributed by atoms with Crippen LogP contribution in [-0.2, 0) is 19.6 Å². The topological polar surface area (TPSA) is 75.9 Å². The number of aliphatic hydroxyl groups excluding tert-OH is 1. The molecule has 0 saturated heterocycles. The van der Waals surface area contributed by atoms with Gasteiger partial charge >= 0.3 is 0 Å².